The van der Waals surface area contributed by atoms with E-state index in [2.05, 4.69) is 15.6 Å². The predicted octanol–water partition coefficient (Wildman–Crippen LogP) is 3.08. The van der Waals surface area contributed by atoms with E-state index >= 15 is 0 Å². The number of hydrogen-bond acceptors (Lipinski definition) is 4. The van der Waals surface area contributed by atoms with Gasteiger partial charge in [0, 0.05) is 28.8 Å². The molecule has 0 spiro atoms. The number of nitrogens with one attached hydrogen (secondary N) is 3. The second kappa shape index (κ2) is 7.71. The number of anilines is 1. The number of carbonyl (C=O) groups is 1. The van der Waals surface area contributed by atoms with E-state index < -0.39 is 15.9 Å². The molecule has 0 radical (unpaired) electrons. The number of fused-ring (bicyclic) bond motifs is 1. The molecule has 3 N–H and O–H groups in total. The van der Waals surface area contributed by atoms with Crippen LogP contribution in [0.5, 0.6) is 5.75 Å². The molecule has 0 aliphatic heterocycles. The standard InChI is InChI=1S/C19H21N3O4S/c1-13-18(16-5-3-4-6-17(16)21-13)27(24,25)12-11-20-19(23)22-14-7-9-15(26-2)10-8-14/h3-10,21H,11-12H2,1-2H3,(H2,20,22,23). The van der Waals surface area contributed by atoms with Crippen molar-refractivity contribution in [2.45, 2.75) is 11.8 Å². The monoisotopic (exact) mass is 387 g/mol. The van der Waals surface area contributed by atoms with Gasteiger partial charge in [0.05, 0.1) is 17.8 Å². The summed E-state index contributed by atoms with van der Waals surface area (Å²) in [5.74, 6) is 0.493. The number of ether oxygens (including phenoxy) is 1. The Kier molecular flexibility index (Phi) is 5.36. The predicted molar refractivity (Wildman–Crippen MR) is 105 cm³/mol. The van der Waals surface area contributed by atoms with E-state index in [9.17, 15) is 13.2 Å². The Morgan fingerprint density at radius 1 is 1.11 bits per heavy atom. The topological polar surface area (TPSA) is 100 Å². The molecule has 1 heterocycles. The Labute approximate surface area is 157 Å². The van der Waals surface area contributed by atoms with E-state index in [0.717, 1.165) is 5.52 Å². The van der Waals surface area contributed by atoms with E-state index in [0.29, 0.717) is 22.5 Å². The van der Waals surface area contributed by atoms with Crippen LogP contribution in [0.4, 0.5) is 10.5 Å². The molecule has 0 saturated carbocycles. The summed E-state index contributed by atoms with van der Waals surface area (Å²) in [4.78, 5) is 15.3. The summed E-state index contributed by atoms with van der Waals surface area (Å²) in [5.41, 5.74) is 1.96. The minimum atomic E-state index is -3.54. The van der Waals surface area contributed by atoms with Crippen LogP contribution in [0.2, 0.25) is 0 Å². The maximum absolute atomic E-state index is 12.7. The SMILES string of the molecule is COc1ccc(NC(=O)NCCS(=O)(=O)c2c(C)[nH]c3ccccc23)cc1. The highest BCUT2D eigenvalue weighted by atomic mass is 32.2. The zero-order valence-corrected chi connectivity index (χ0v) is 15.9. The number of H-pyrrole nitrogens is 1. The van der Waals surface area contributed by atoms with Crippen molar-refractivity contribution in [3.63, 3.8) is 0 Å². The van der Waals surface area contributed by atoms with Crippen molar-refractivity contribution in [1.29, 1.82) is 0 Å². The zero-order chi connectivity index (χ0) is 19.4. The van der Waals surface area contributed by atoms with Crippen LogP contribution in [0.25, 0.3) is 10.9 Å². The lowest BCUT2D eigenvalue weighted by Crippen LogP contribution is -2.32. The largest absolute Gasteiger partial charge is 0.497 e. The summed E-state index contributed by atoms with van der Waals surface area (Å²) in [6.07, 6.45) is 0. The molecule has 3 aromatic rings. The fourth-order valence-corrected chi connectivity index (χ4v) is 4.51. The molecule has 0 saturated heterocycles. The molecular weight excluding hydrogens is 366 g/mol. The van der Waals surface area contributed by atoms with Gasteiger partial charge in [-0.05, 0) is 37.3 Å². The Morgan fingerprint density at radius 3 is 2.52 bits per heavy atom. The summed E-state index contributed by atoms with van der Waals surface area (Å²) in [6.45, 7) is 1.74. The van der Waals surface area contributed by atoms with Gasteiger partial charge in [0.25, 0.3) is 0 Å². The Morgan fingerprint density at radius 2 is 1.81 bits per heavy atom. The van der Waals surface area contributed by atoms with Gasteiger partial charge in [-0.1, -0.05) is 18.2 Å². The number of sulfone groups is 1. The molecule has 0 fully saturated rings. The zero-order valence-electron chi connectivity index (χ0n) is 15.1. The fourth-order valence-electron chi connectivity index (χ4n) is 2.90. The van der Waals surface area contributed by atoms with Gasteiger partial charge in [0.2, 0.25) is 0 Å². The molecule has 0 aliphatic rings. The van der Waals surface area contributed by atoms with Gasteiger partial charge in [-0.15, -0.1) is 0 Å². The smallest absolute Gasteiger partial charge is 0.319 e. The first kappa shape index (κ1) is 18.8. The van der Waals surface area contributed by atoms with Gasteiger partial charge in [-0.2, -0.15) is 0 Å². The summed E-state index contributed by atoms with van der Waals surface area (Å²) in [5, 5.41) is 5.89. The number of methoxy groups -OCH3 is 1. The van der Waals surface area contributed by atoms with Crippen LogP contribution in [0, 0.1) is 6.92 Å². The highest BCUT2D eigenvalue weighted by Crippen LogP contribution is 2.27. The van der Waals surface area contributed by atoms with Crippen molar-refractivity contribution in [1.82, 2.24) is 10.3 Å². The first-order chi connectivity index (χ1) is 12.9. The number of aryl methyl sites for hydroxylation is 1. The molecule has 0 bridgehead atoms. The Balaban J connectivity index is 1.61. The van der Waals surface area contributed by atoms with Gasteiger partial charge in [0.1, 0.15) is 5.75 Å². The molecule has 0 atom stereocenters. The van der Waals surface area contributed by atoms with E-state index in [1.165, 1.54) is 0 Å². The van der Waals surface area contributed by atoms with E-state index in [4.69, 9.17) is 4.74 Å². The van der Waals surface area contributed by atoms with Crippen molar-refractivity contribution in [2.24, 2.45) is 0 Å². The van der Waals surface area contributed by atoms with Crippen LogP contribution in [0.1, 0.15) is 5.69 Å². The number of carbonyl (C=O) groups excluding carboxylic acids is 1. The van der Waals surface area contributed by atoms with Crippen LogP contribution >= 0.6 is 0 Å². The van der Waals surface area contributed by atoms with Gasteiger partial charge in [-0.3, -0.25) is 0 Å². The first-order valence-corrected chi connectivity index (χ1v) is 10.0. The molecule has 2 aromatic carbocycles. The van der Waals surface area contributed by atoms with Crippen LogP contribution in [-0.2, 0) is 9.84 Å². The van der Waals surface area contributed by atoms with E-state index in [1.807, 2.05) is 12.1 Å². The second-order valence-corrected chi connectivity index (χ2v) is 8.10. The van der Waals surface area contributed by atoms with Crippen molar-refractivity contribution in [3.05, 3.63) is 54.2 Å². The lowest BCUT2D eigenvalue weighted by molar-refractivity contribution is 0.252. The number of benzene rings is 2. The molecule has 7 nitrogen and oxygen atoms in total. The third-order valence-corrected chi connectivity index (χ3v) is 6.04. The lowest BCUT2D eigenvalue weighted by atomic mass is 10.2. The lowest BCUT2D eigenvalue weighted by Gasteiger charge is -2.09. The summed E-state index contributed by atoms with van der Waals surface area (Å²) in [6, 6.07) is 13.6. The van der Waals surface area contributed by atoms with Gasteiger partial charge in [0.15, 0.2) is 9.84 Å². The number of amides is 2. The van der Waals surface area contributed by atoms with Crippen molar-refractivity contribution >= 4 is 32.5 Å². The third-order valence-electron chi connectivity index (χ3n) is 4.15. The molecule has 0 unspecified atom stereocenters. The number of aromatic amines is 1. The summed E-state index contributed by atoms with van der Waals surface area (Å²) < 4.78 is 30.5. The Bertz CT molecular complexity index is 1060. The number of aromatic nitrogens is 1. The second-order valence-electron chi connectivity index (χ2n) is 6.05. The van der Waals surface area contributed by atoms with Crippen molar-refractivity contribution in [2.75, 3.05) is 24.7 Å². The average molecular weight is 387 g/mol. The molecule has 142 valence electrons. The molecule has 27 heavy (non-hydrogen) atoms. The highest BCUT2D eigenvalue weighted by Gasteiger charge is 2.22. The quantitative estimate of drug-likeness (QED) is 0.605. The number of urea groups is 1. The van der Waals surface area contributed by atoms with Crippen LogP contribution in [-0.4, -0.2) is 38.8 Å². The van der Waals surface area contributed by atoms with Crippen LogP contribution in [0.3, 0.4) is 0 Å². The van der Waals surface area contributed by atoms with Gasteiger partial charge < -0.3 is 20.4 Å². The highest BCUT2D eigenvalue weighted by molar-refractivity contribution is 7.91. The third kappa shape index (κ3) is 4.22. The van der Waals surface area contributed by atoms with Gasteiger partial charge in [-0.25, -0.2) is 13.2 Å². The normalized spacial score (nSPS) is 11.3. The number of para-hydroxylation sites is 1. The first-order valence-electron chi connectivity index (χ1n) is 8.39. The van der Waals surface area contributed by atoms with Crippen LogP contribution in [0.15, 0.2) is 53.4 Å². The minimum absolute atomic E-state index is 0.00324. The Hall–Kier alpha value is -3.00. The fraction of sp³-hybridized carbons (Fsp3) is 0.211. The summed E-state index contributed by atoms with van der Waals surface area (Å²) >= 11 is 0. The molecular formula is C19H21N3O4S. The van der Waals surface area contributed by atoms with E-state index in [1.54, 1.807) is 50.4 Å². The molecule has 3 rings (SSSR count). The maximum atomic E-state index is 12.7. The summed E-state index contributed by atoms with van der Waals surface area (Å²) in [7, 11) is -1.98. The van der Waals surface area contributed by atoms with Gasteiger partial charge >= 0.3 is 6.03 Å². The number of rotatable bonds is 6. The van der Waals surface area contributed by atoms with E-state index in [-0.39, 0.29) is 17.2 Å². The number of hydrogen-bond donors (Lipinski definition) is 3. The molecule has 0 aliphatic carbocycles. The molecule has 8 heteroatoms. The molecule has 2 amide bonds. The van der Waals surface area contributed by atoms with Crippen molar-refractivity contribution in [3.8, 4) is 5.75 Å². The van der Waals surface area contributed by atoms with Crippen molar-refractivity contribution < 1.29 is 17.9 Å². The molecule has 1 aromatic heterocycles. The van der Waals surface area contributed by atoms with Crippen LogP contribution < -0.4 is 15.4 Å². The minimum Gasteiger partial charge on any atom is -0.497 e. The maximum Gasteiger partial charge on any atom is 0.319 e. The average Bonchev–Trinajstić information content (AvgIpc) is 2.98.